The van der Waals surface area contributed by atoms with E-state index in [4.69, 9.17) is 4.74 Å². The van der Waals surface area contributed by atoms with E-state index >= 15 is 0 Å². The van der Waals surface area contributed by atoms with Crippen LogP contribution in [0.5, 0.6) is 5.88 Å². The Balaban J connectivity index is 1.72. The van der Waals surface area contributed by atoms with Crippen molar-refractivity contribution in [2.45, 2.75) is 19.4 Å². The number of amides is 1. The highest BCUT2D eigenvalue weighted by atomic mass is 19.2. The van der Waals surface area contributed by atoms with Gasteiger partial charge in [-0.1, -0.05) is 0 Å². The number of pyridine rings is 1. The number of fused-ring (bicyclic) bond motifs is 1. The van der Waals surface area contributed by atoms with Crippen LogP contribution in [0.2, 0.25) is 0 Å². The summed E-state index contributed by atoms with van der Waals surface area (Å²) in [5.41, 5.74) is 1.61. The second-order valence-electron chi connectivity index (χ2n) is 7.20. The zero-order valence-electron chi connectivity index (χ0n) is 16.9. The van der Waals surface area contributed by atoms with E-state index in [-0.39, 0.29) is 23.6 Å². The van der Waals surface area contributed by atoms with E-state index in [1.807, 2.05) is 0 Å². The molecule has 0 saturated heterocycles. The minimum atomic E-state index is -1.54. The van der Waals surface area contributed by atoms with Crippen molar-refractivity contribution < 1.29 is 27.1 Å². The van der Waals surface area contributed by atoms with Crippen molar-refractivity contribution in [1.82, 2.24) is 19.7 Å². The highest BCUT2D eigenvalue weighted by molar-refractivity contribution is 5.95. The second-order valence-corrected chi connectivity index (χ2v) is 7.20. The molecule has 0 N–H and O–H groups in total. The van der Waals surface area contributed by atoms with Crippen LogP contribution < -0.4 is 4.74 Å². The Morgan fingerprint density at radius 1 is 1.16 bits per heavy atom. The molecular formula is C21H18F4N4O2. The minimum Gasteiger partial charge on any atom is -0.479 e. The predicted molar refractivity (Wildman–Crippen MR) is 102 cm³/mol. The van der Waals surface area contributed by atoms with Gasteiger partial charge in [0.05, 0.1) is 30.1 Å². The molecule has 1 aromatic carbocycles. The summed E-state index contributed by atoms with van der Waals surface area (Å²) in [5.74, 6) is -5.83. The van der Waals surface area contributed by atoms with Gasteiger partial charge < -0.3 is 9.64 Å². The van der Waals surface area contributed by atoms with Gasteiger partial charge in [0.15, 0.2) is 23.3 Å². The molecule has 0 bridgehead atoms. The molecule has 4 rings (SSSR count). The van der Waals surface area contributed by atoms with E-state index < -0.39 is 35.2 Å². The lowest BCUT2D eigenvalue weighted by atomic mass is 9.95. The van der Waals surface area contributed by atoms with E-state index in [0.29, 0.717) is 23.4 Å². The van der Waals surface area contributed by atoms with Gasteiger partial charge in [-0.05, 0) is 31.5 Å². The molecule has 1 aliphatic heterocycles. The van der Waals surface area contributed by atoms with Crippen molar-refractivity contribution >= 4 is 5.91 Å². The molecule has 6 nitrogen and oxygen atoms in total. The summed E-state index contributed by atoms with van der Waals surface area (Å²) in [7, 11) is 2.85. The number of rotatable bonds is 3. The first-order chi connectivity index (χ1) is 14.7. The predicted octanol–water partition coefficient (Wildman–Crippen LogP) is 3.81. The third-order valence-electron chi connectivity index (χ3n) is 5.44. The van der Waals surface area contributed by atoms with Crippen molar-refractivity contribution in [1.29, 1.82) is 0 Å². The van der Waals surface area contributed by atoms with Gasteiger partial charge >= 0.3 is 0 Å². The van der Waals surface area contributed by atoms with Crippen LogP contribution in [0.4, 0.5) is 17.6 Å². The SMILES string of the molecule is COc1nccc(C(=O)N2CCc3c(nn(C)c3-c3cc(F)c(F)c(F)c3)[C@@H]2C)c1F. The Morgan fingerprint density at radius 2 is 1.84 bits per heavy atom. The molecule has 31 heavy (non-hydrogen) atoms. The fourth-order valence-electron chi connectivity index (χ4n) is 3.96. The van der Waals surface area contributed by atoms with Crippen molar-refractivity contribution in [3.8, 4) is 17.1 Å². The fourth-order valence-corrected chi connectivity index (χ4v) is 3.96. The van der Waals surface area contributed by atoms with E-state index in [1.54, 1.807) is 14.0 Å². The average Bonchev–Trinajstić information content (AvgIpc) is 3.08. The monoisotopic (exact) mass is 434 g/mol. The van der Waals surface area contributed by atoms with Crippen LogP contribution in [0.3, 0.4) is 0 Å². The summed E-state index contributed by atoms with van der Waals surface area (Å²) in [6.07, 6.45) is 1.60. The normalized spacial score (nSPS) is 15.7. The van der Waals surface area contributed by atoms with E-state index in [9.17, 15) is 22.4 Å². The van der Waals surface area contributed by atoms with Crippen molar-refractivity contribution in [3.05, 3.63) is 64.5 Å². The molecule has 3 heterocycles. The standard InChI is InChI=1S/C21H18F4N4O2/c1-10-18-13(19(28(2)27-18)11-8-14(22)17(25)15(23)9-11)5-7-29(10)21(30)12-4-6-26-20(31-3)16(12)24/h4,6,8-10H,5,7H2,1-3H3/t10-/m0/s1. The summed E-state index contributed by atoms with van der Waals surface area (Å²) in [4.78, 5) is 18.2. The minimum absolute atomic E-state index is 0.143. The van der Waals surface area contributed by atoms with Crippen LogP contribution in [0, 0.1) is 23.3 Å². The molecule has 10 heteroatoms. The molecule has 3 aromatic rings. The maximum atomic E-state index is 14.5. The number of aromatic nitrogens is 3. The van der Waals surface area contributed by atoms with Gasteiger partial charge in [-0.2, -0.15) is 5.10 Å². The Morgan fingerprint density at radius 3 is 2.48 bits per heavy atom. The van der Waals surface area contributed by atoms with E-state index in [2.05, 4.69) is 10.1 Å². The summed E-state index contributed by atoms with van der Waals surface area (Å²) in [5, 5.41) is 4.43. The molecular weight excluding hydrogens is 416 g/mol. The second kappa shape index (κ2) is 7.68. The van der Waals surface area contributed by atoms with E-state index in [0.717, 1.165) is 12.1 Å². The molecule has 0 saturated carbocycles. The smallest absolute Gasteiger partial charge is 0.257 e. The number of hydrogen-bond donors (Lipinski definition) is 0. The van der Waals surface area contributed by atoms with Crippen LogP contribution in [0.1, 0.15) is 34.6 Å². The van der Waals surface area contributed by atoms with Gasteiger partial charge in [-0.15, -0.1) is 0 Å². The van der Waals surface area contributed by atoms with Crippen LogP contribution >= 0.6 is 0 Å². The Hall–Kier alpha value is -3.43. The number of halogens is 4. The summed E-state index contributed by atoms with van der Waals surface area (Å²) in [6, 6.07) is 2.56. The Kier molecular flexibility index (Phi) is 5.16. The first kappa shape index (κ1) is 20.8. The number of hydrogen-bond acceptors (Lipinski definition) is 4. The molecule has 0 spiro atoms. The average molecular weight is 434 g/mol. The molecule has 0 aliphatic carbocycles. The molecule has 0 radical (unpaired) electrons. The maximum Gasteiger partial charge on any atom is 0.257 e. The summed E-state index contributed by atoms with van der Waals surface area (Å²) >= 11 is 0. The van der Waals surface area contributed by atoms with Crippen LogP contribution in [-0.2, 0) is 13.5 Å². The summed E-state index contributed by atoms with van der Waals surface area (Å²) in [6.45, 7) is 1.96. The van der Waals surface area contributed by atoms with Crippen molar-refractivity contribution in [2.75, 3.05) is 13.7 Å². The number of aryl methyl sites for hydroxylation is 1. The van der Waals surface area contributed by atoms with Gasteiger partial charge in [-0.3, -0.25) is 9.48 Å². The quantitative estimate of drug-likeness (QED) is 0.465. The fraction of sp³-hybridized carbons (Fsp3) is 0.286. The number of carbonyl (C=O) groups excluding carboxylic acids is 1. The maximum absolute atomic E-state index is 14.5. The molecule has 1 amide bonds. The molecule has 2 aromatic heterocycles. The van der Waals surface area contributed by atoms with Gasteiger partial charge in [0, 0.05) is 30.9 Å². The number of methoxy groups -OCH3 is 1. The molecule has 0 fully saturated rings. The highest BCUT2D eigenvalue weighted by Crippen LogP contribution is 2.37. The molecule has 1 atom stereocenters. The summed E-state index contributed by atoms with van der Waals surface area (Å²) < 4.78 is 61.8. The topological polar surface area (TPSA) is 60.2 Å². The lowest BCUT2D eigenvalue weighted by molar-refractivity contribution is 0.0667. The molecule has 0 unspecified atom stereocenters. The largest absolute Gasteiger partial charge is 0.479 e. The third-order valence-corrected chi connectivity index (χ3v) is 5.44. The first-order valence-corrected chi connectivity index (χ1v) is 9.44. The number of nitrogens with zero attached hydrogens (tertiary/aromatic N) is 4. The van der Waals surface area contributed by atoms with Gasteiger partial charge in [0.1, 0.15) is 0 Å². The zero-order valence-corrected chi connectivity index (χ0v) is 16.9. The highest BCUT2D eigenvalue weighted by Gasteiger charge is 2.35. The first-order valence-electron chi connectivity index (χ1n) is 9.44. The van der Waals surface area contributed by atoms with Crippen LogP contribution in [0.15, 0.2) is 24.4 Å². The van der Waals surface area contributed by atoms with E-state index in [1.165, 1.54) is 29.0 Å². The van der Waals surface area contributed by atoms with Crippen molar-refractivity contribution in [2.24, 2.45) is 7.05 Å². The molecule has 1 aliphatic rings. The van der Waals surface area contributed by atoms with Crippen molar-refractivity contribution in [3.63, 3.8) is 0 Å². The third kappa shape index (κ3) is 3.31. The lowest BCUT2D eigenvalue weighted by Crippen LogP contribution is -2.39. The van der Waals surface area contributed by atoms with Crippen LogP contribution in [-0.4, -0.2) is 39.2 Å². The molecule has 162 valence electrons. The number of ether oxygens (including phenoxy) is 1. The number of carbonyl (C=O) groups is 1. The van der Waals surface area contributed by atoms with Gasteiger partial charge in [0.25, 0.3) is 11.8 Å². The number of benzene rings is 1. The van der Waals surface area contributed by atoms with Gasteiger partial charge in [0.2, 0.25) is 0 Å². The Bertz CT molecular complexity index is 1170. The van der Waals surface area contributed by atoms with Gasteiger partial charge in [-0.25, -0.2) is 22.5 Å². The Labute approximate surface area is 175 Å². The lowest BCUT2D eigenvalue weighted by Gasteiger charge is -2.33. The van der Waals surface area contributed by atoms with Crippen LogP contribution in [0.25, 0.3) is 11.3 Å². The zero-order chi connectivity index (χ0) is 22.4.